The van der Waals surface area contributed by atoms with Crippen molar-refractivity contribution in [3.05, 3.63) is 0 Å². The topological polar surface area (TPSA) is 49.7 Å². The first-order valence-electron chi connectivity index (χ1n) is 4.21. The number of aliphatic hydroxyl groups is 2. The van der Waals surface area contributed by atoms with Gasteiger partial charge in [0.2, 0.25) is 0 Å². The zero-order valence-corrected chi connectivity index (χ0v) is 6.92. The Morgan fingerprint density at radius 3 is 2.45 bits per heavy atom. The van der Waals surface area contributed by atoms with Gasteiger partial charge < -0.3 is 14.9 Å². The van der Waals surface area contributed by atoms with Crippen molar-refractivity contribution in [3.8, 4) is 0 Å². The molecule has 0 unspecified atom stereocenters. The first-order chi connectivity index (χ1) is 5.16. The fourth-order valence-electron chi connectivity index (χ4n) is 1.47. The zero-order chi connectivity index (χ0) is 8.32. The summed E-state index contributed by atoms with van der Waals surface area (Å²) in [5, 5.41) is 18.8. The third-order valence-corrected chi connectivity index (χ3v) is 2.15. The van der Waals surface area contributed by atoms with Crippen LogP contribution in [0.25, 0.3) is 0 Å². The summed E-state index contributed by atoms with van der Waals surface area (Å²) in [6.07, 6.45) is 2.17. The smallest absolute Gasteiger partial charge is 0.165 e. The van der Waals surface area contributed by atoms with E-state index in [0.717, 1.165) is 0 Å². The lowest BCUT2D eigenvalue weighted by Crippen LogP contribution is -2.38. The summed E-state index contributed by atoms with van der Waals surface area (Å²) in [6, 6.07) is 0. The Bertz CT molecular complexity index is 117. The molecule has 0 atom stereocenters. The largest absolute Gasteiger partial charge is 0.393 e. The van der Waals surface area contributed by atoms with E-state index in [1.54, 1.807) is 0 Å². The van der Waals surface area contributed by atoms with Crippen LogP contribution in [-0.2, 0) is 4.74 Å². The molecule has 0 bridgehead atoms. The van der Waals surface area contributed by atoms with Gasteiger partial charge in [-0.15, -0.1) is 0 Å². The number of ether oxygens (including phenoxy) is 1. The number of hydrogen-bond donors (Lipinski definition) is 2. The van der Waals surface area contributed by atoms with Crippen molar-refractivity contribution in [1.82, 2.24) is 0 Å². The van der Waals surface area contributed by atoms with E-state index < -0.39 is 5.79 Å². The summed E-state index contributed by atoms with van der Waals surface area (Å²) in [5.41, 5.74) is 0. The minimum Gasteiger partial charge on any atom is -0.393 e. The average molecular weight is 160 g/mol. The monoisotopic (exact) mass is 160 g/mol. The Hall–Kier alpha value is -0.120. The van der Waals surface area contributed by atoms with Crippen molar-refractivity contribution < 1.29 is 14.9 Å². The second kappa shape index (κ2) is 3.52. The van der Waals surface area contributed by atoms with Gasteiger partial charge in [-0.3, -0.25) is 0 Å². The van der Waals surface area contributed by atoms with Crippen LogP contribution in [0.4, 0.5) is 0 Å². The molecule has 0 aromatic heterocycles. The van der Waals surface area contributed by atoms with Gasteiger partial charge in [-0.2, -0.15) is 0 Å². The highest BCUT2D eigenvalue weighted by Crippen LogP contribution is 2.28. The van der Waals surface area contributed by atoms with Gasteiger partial charge >= 0.3 is 0 Å². The molecule has 11 heavy (non-hydrogen) atoms. The third kappa shape index (κ3) is 2.43. The van der Waals surface area contributed by atoms with Crippen molar-refractivity contribution in [2.24, 2.45) is 0 Å². The molecule has 0 amide bonds. The summed E-state index contributed by atoms with van der Waals surface area (Å²) < 4.78 is 5.16. The highest BCUT2D eigenvalue weighted by atomic mass is 16.6. The Labute approximate surface area is 67.0 Å². The summed E-state index contributed by atoms with van der Waals surface area (Å²) in [4.78, 5) is 0. The normalized spacial score (nSPS) is 39.0. The molecular formula is C8H16O3. The second-order valence-corrected chi connectivity index (χ2v) is 3.11. The van der Waals surface area contributed by atoms with Gasteiger partial charge in [-0.1, -0.05) is 0 Å². The predicted molar refractivity (Wildman–Crippen MR) is 41.1 cm³/mol. The van der Waals surface area contributed by atoms with Gasteiger partial charge in [0, 0.05) is 19.4 Å². The Kier molecular flexibility index (Phi) is 2.87. The molecule has 0 aromatic carbocycles. The van der Waals surface area contributed by atoms with Crippen LogP contribution < -0.4 is 0 Å². The Morgan fingerprint density at radius 2 is 2.00 bits per heavy atom. The van der Waals surface area contributed by atoms with E-state index >= 15 is 0 Å². The molecule has 2 N–H and O–H groups in total. The van der Waals surface area contributed by atoms with Crippen LogP contribution in [-0.4, -0.2) is 28.7 Å². The van der Waals surface area contributed by atoms with Crippen LogP contribution >= 0.6 is 0 Å². The van der Waals surface area contributed by atoms with Gasteiger partial charge in [-0.25, -0.2) is 0 Å². The van der Waals surface area contributed by atoms with Crippen molar-refractivity contribution in [2.75, 3.05) is 6.61 Å². The minimum atomic E-state index is -0.950. The molecule has 1 rings (SSSR count). The molecular weight excluding hydrogens is 144 g/mol. The fraction of sp³-hybridized carbons (Fsp3) is 1.00. The highest BCUT2D eigenvalue weighted by Gasteiger charge is 2.32. The number of aliphatic hydroxyl groups excluding tert-OH is 1. The molecule has 1 fully saturated rings. The summed E-state index contributed by atoms with van der Waals surface area (Å²) >= 11 is 0. The Balaban J connectivity index is 2.35. The van der Waals surface area contributed by atoms with Crippen molar-refractivity contribution in [3.63, 3.8) is 0 Å². The van der Waals surface area contributed by atoms with Crippen LogP contribution in [0.2, 0.25) is 0 Å². The first kappa shape index (κ1) is 8.97. The van der Waals surface area contributed by atoms with Crippen LogP contribution in [0.1, 0.15) is 32.6 Å². The quantitative estimate of drug-likeness (QED) is 0.583. The van der Waals surface area contributed by atoms with E-state index in [0.29, 0.717) is 32.3 Å². The molecule has 0 saturated heterocycles. The summed E-state index contributed by atoms with van der Waals surface area (Å²) in [7, 11) is 0. The molecule has 1 aliphatic carbocycles. The van der Waals surface area contributed by atoms with E-state index in [-0.39, 0.29) is 6.10 Å². The molecule has 3 heteroatoms. The van der Waals surface area contributed by atoms with E-state index in [1.165, 1.54) is 0 Å². The third-order valence-electron chi connectivity index (χ3n) is 2.15. The Morgan fingerprint density at radius 1 is 1.45 bits per heavy atom. The van der Waals surface area contributed by atoms with Gasteiger partial charge in [0.1, 0.15) is 0 Å². The molecule has 1 aliphatic rings. The molecule has 3 nitrogen and oxygen atoms in total. The lowest BCUT2D eigenvalue weighted by Gasteiger charge is -2.33. The molecule has 0 aliphatic heterocycles. The van der Waals surface area contributed by atoms with Crippen molar-refractivity contribution in [2.45, 2.75) is 44.5 Å². The van der Waals surface area contributed by atoms with Gasteiger partial charge in [0.05, 0.1) is 6.10 Å². The lowest BCUT2D eigenvalue weighted by atomic mass is 9.92. The maximum absolute atomic E-state index is 9.66. The van der Waals surface area contributed by atoms with Crippen molar-refractivity contribution in [1.29, 1.82) is 0 Å². The maximum atomic E-state index is 9.66. The predicted octanol–water partition coefficient (Wildman–Crippen LogP) is 0.646. The van der Waals surface area contributed by atoms with E-state index in [4.69, 9.17) is 9.84 Å². The summed E-state index contributed by atoms with van der Waals surface area (Å²) in [6.45, 7) is 2.40. The van der Waals surface area contributed by atoms with Crippen molar-refractivity contribution >= 4 is 0 Å². The molecule has 0 heterocycles. The maximum Gasteiger partial charge on any atom is 0.165 e. The average Bonchev–Trinajstić information content (AvgIpc) is 1.97. The SMILES string of the molecule is CCOC1(O)CCC(O)CC1. The van der Waals surface area contributed by atoms with E-state index in [9.17, 15) is 5.11 Å². The van der Waals surface area contributed by atoms with Gasteiger partial charge in [0.25, 0.3) is 0 Å². The molecule has 0 aromatic rings. The lowest BCUT2D eigenvalue weighted by molar-refractivity contribution is -0.225. The van der Waals surface area contributed by atoms with Crippen LogP contribution in [0, 0.1) is 0 Å². The highest BCUT2D eigenvalue weighted by molar-refractivity contribution is 4.77. The van der Waals surface area contributed by atoms with Gasteiger partial charge in [0.15, 0.2) is 5.79 Å². The van der Waals surface area contributed by atoms with E-state index in [1.807, 2.05) is 6.92 Å². The second-order valence-electron chi connectivity index (χ2n) is 3.11. The fourth-order valence-corrected chi connectivity index (χ4v) is 1.47. The van der Waals surface area contributed by atoms with Crippen LogP contribution in [0.15, 0.2) is 0 Å². The summed E-state index contributed by atoms with van der Waals surface area (Å²) in [5.74, 6) is -0.950. The molecule has 0 spiro atoms. The minimum absolute atomic E-state index is 0.240. The molecule has 1 saturated carbocycles. The first-order valence-corrected chi connectivity index (χ1v) is 4.21. The van der Waals surface area contributed by atoms with Crippen LogP contribution in [0.3, 0.4) is 0 Å². The number of rotatable bonds is 2. The standard InChI is InChI=1S/C8H16O3/c1-2-11-8(10)5-3-7(9)4-6-8/h7,9-10H,2-6H2,1H3. The molecule has 66 valence electrons. The van der Waals surface area contributed by atoms with Crippen LogP contribution in [0.5, 0.6) is 0 Å². The number of hydrogen-bond acceptors (Lipinski definition) is 3. The van der Waals surface area contributed by atoms with E-state index in [2.05, 4.69) is 0 Å². The zero-order valence-electron chi connectivity index (χ0n) is 6.92. The molecule has 0 radical (unpaired) electrons. The van der Waals surface area contributed by atoms with Gasteiger partial charge in [-0.05, 0) is 19.8 Å².